The van der Waals surface area contributed by atoms with Gasteiger partial charge in [0.2, 0.25) is 0 Å². The van der Waals surface area contributed by atoms with Crippen molar-refractivity contribution in [2.24, 2.45) is 0 Å². The maximum absolute atomic E-state index is 5.11. The average Bonchev–Trinajstić information content (AvgIpc) is 3.59. The lowest BCUT2D eigenvalue weighted by Crippen LogP contribution is -2.74. The Morgan fingerprint density at radius 3 is 1.40 bits per heavy atom. The van der Waals surface area contributed by atoms with Crippen molar-refractivity contribution in [2.75, 3.05) is 0 Å². The molecule has 5 heteroatoms. The van der Waals surface area contributed by atoms with Crippen molar-refractivity contribution in [2.45, 2.75) is 0 Å². The molecule has 0 atom stereocenters. The first-order valence-corrected chi connectivity index (χ1v) is 19.6. The van der Waals surface area contributed by atoms with Crippen LogP contribution in [0.3, 0.4) is 0 Å². The van der Waals surface area contributed by atoms with Crippen LogP contribution in [0.2, 0.25) is 0 Å². The molecule has 0 aliphatic carbocycles. The topological polar surface area (TPSA) is 38.7 Å². The number of benzene rings is 7. The second-order valence-corrected chi connectivity index (χ2v) is 17.2. The standard InChI is InChI=1S/C45H31N3SSi/c1-5-17-32(18-6-1)43-46-44(33-19-7-2-8-20-33)48-45(47-43)34-21-15-26-37(31-34)50(35-22-9-3-10-23-35,36-24-11-4-12-25-36)41-30-16-28-39-38-27-13-14-29-40(38)49-42(39)41/h1-31H. The summed E-state index contributed by atoms with van der Waals surface area (Å²) in [6, 6.07) is 67.2. The van der Waals surface area contributed by atoms with E-state index in [1.807, 2.05) is 47.7 Å². The number of thiophene rings is 1. The first kappa shape index (κ1) is 30.1. The van der Waals surface area contributed by atoms with Gasteiger partial charge in [0.1, 0.15) is 0 Å². The lowest BCUT2D eigenvalue weighted by Gasteiger charge is -2.35. The second-order valence-electron chi connectivity index (χ2n) is 12.4. The fourth-order valence-electron chi connectivity index (χ4n) is 7.21. The summed E-state index contributed by atoms with van der Waals surface area (Å²) in [5.41, 5.74) is 2.88. The smallest absolute Gasteiger partial charge is 0.181 e. The Balaban J connectivity index is 1.34. The highest BCUT2D eigenvalue weighted by atomic mass is 32.1. The molecule has 50 heavy (non-hydrogen) atoms. The molecular formula is C45H31N3SSi. The van der Waals surface area contributed by atoms with E-state index in [4.69, 9.17) is 15.0 Å². The summed E-state index contributed by atoms with van der Waals surface area (Å²) in [5, 5.41) is 7.94. The molecule has 7 aromatic carbocycles. The number of aromatic nitrogens is 3. The summed E-state index contributed by atoms with van der Waals surface area (Å²) < 4.78 is 2.65. The van der Waals surface area contributed by atoms with Gasteiger partial charge in [-0.3, -0.25) is 0 Å². The van der Waals surface area contributed by atoms with Crippen LogP contribution in [0.15, 0.2) is 188 Å². The van der Waals surface area contributed by atoms with Crippen molar-refractivity contribution in [3.8, 4) is 34.2 Å². The van der Waals surface area contributed by atoms with Crippen LogP contribution >= 0.6 is 11.3 Å². The number of hydrogen-bond donors (Lipinski definition) is 0. The monoisotopic (exact) mass is 673 g/mol. The third kappa shape index (κ3) is 5.15. The van der Waals surface area contributed by atoms with Crippen LogP contribution in [-0.2, 0) is 0 Å². The molecule has 0 aliphatic heterocycles. The van der Waals surface area contributed by atoms with Crippen LogP contribution in [0.25, 0.3) is 54.3 Å². The molecule has 2 aromatic heterocycles. The van der Waals surface area contributed by atoms with E-state index >= 15 is 0 Å². The molecular weight excluding hydrogens is 643 g/mol. The number of rotatable bonds is 7. The van der Waals surface area contributed by atoms with E-state index in [2.05, 4.69) is 152 Å². The third-order valence-corrected chi connectivity index (χ3v) is 15.7. The molecule has 2 heterocycles. The van der Waals surface area contributed by atoms with Gasteiger partial charge < -0.3 is 0 Å². The molecule has 0 aliphatic rings. The lowest BCUT2D eigenvalue weighted by molar-refractivity contribution is 1.07. The zero-order chi connectivity index (χ0) is 33.3. The summed E-state index contributed by atoms with van der Waals surface area (Å²) >= 11 is 1.90. The van der Waals surface area contributed by atoms with Crippen molar-refractivity contribution >= 4 is 60.3 Å². The largest absolute Gasteiger partial charge is 0.208 e. The first-order valence-electron chi connectivity index (χ1n) is 16.8. The van der Waals surface area contributed by atoms with E-state index in [1.165, 1.54) is 40.9 Å². The Hall–Kier alpha value is -6.01. The average molecular weight is 674 g/mol. The lowest BCUT2D eigenvalue weighted by atomic mass is 10.1. The zero-order valence-corrected chi connectivity index (χ0v) is 29.0. The number of hydrogen-bond acceptors (Lipinski definition) is 4. The zero-order valence-electron chi connectivity index (χ0n) is 27.1. The highest BCUT2D eigenvalue weighted by Crippen LogP contribution is 2.34. The summed E-state index contributed by atoms with van der Waals surface area (Å²) in [6.07, 6.45) is 0. The van der Waals surface area contributed by atoms with E-state index in [0.717, 1.165) is 16.7 Å². The van der Waals surface area contributed by atoms with Gasteiger partial charge in [-0.2, -0.15) is 0 Å². The first-order chi connectivity index (χ1) is 24.8. The predicted molar refractivity (Wildman–Crippen MR) is 213 cm³/mol. The predicted octanol–water partition coefficient (Wildman–Crippen LogP) is 8.62. The van der Waals surface area contributed by atoms with Gasteiger partial charge in [-0.05, 0) is 26.8 Å². The van der Waals surface area contributed by atoms with Crippen LogP contribution < -0.4 is 20.7 Å². The van der Waals surface area contributed by atoms with Crippen LogP contribution in [0.1, 0.15) is 0 Å². The molecule has 3 nitrogen and oxygen atoms in total. The Kier molecular flexibility index (Phi) is 7.69. The maximum Gasteiger partial charge on any atom is 0.181 e. The quantitative estimate of drug-likeness (QED) is 0.126. The minimum atomic E-state index is -2.91. The Morgan fingerprint density at radius 2 is 0.800 bits per heavy atom. The van der Waals surface area contributed by atoms with Gasteiger partial charge in [-0.25, -0.2) is 15.0 Å². The molecule has 0 bridgehead atoms. The van der Waals surface area contributed by atoms with E-state index in [9.17, 15) is 0 Å². The highest BCUT2D eigenvalue weighted by molar-refractivity contribution is 7.30. The molecule has 0 unspecified atom stereocenters. The van der Waals surface area contributed by atoms with E-state index in [1.54, 1.807) is 0 Å². The van der Waals surface area contributed by atoms with E-state index in [-0.39, 0.29) is 0 Å². The Bertz CT molecular complexity index is 2490. The molecule has 0 saturated heterocycles. The van der Waals surface area contributed by atoms with Gasteiger partial charge in [-0.1, -0.05) is 182 Å². The second kappa shape index (κ2) is 12.8. The van der Waals surface area contributed by atoms with E-state index < -0.39 is 8.07 Å². The van der Waals surface area contributed by atoms with Crippen LogP contribution in [0.5, 0.6) is 0 Å². The molecule has 0 amide bonds. The van der Waals surface area contributed by atoms with Crippen molar-refractivity contribution in [1.82, 2.24) is 15.0 Å². The summed E-state index contributed by atoms with van der Waals surface area (Å²) in [4.78, 5) is 15.2. The molecule has 9 aromatic rings. The van der Waals surface area contributed by atoms with Gasteiger partial charge in [0.15, 0.2) is 25.5 Å². The van der Waals surface area contributed by atoms with Crippen molar-refractivity contribution < 1.29 is 0 Å². The Labute approximate surface area is 296 Å². The fourth-order valence-corrected chi connectivity index (χ4v) is 13.8. The Morgan fingerprint density at radius 1 is 0.360 bits per heavy atom. The van der Waals surface area contributed by atoms with Gasteiger partial charge >= 0.3 is 0 Å². The molecule has 236 valence electrons. The molecule has 9 rings (SSSR count). The third-order valence-electron chi connectivity index (χ3n) is 9.48. The highest BCUT2D eigenvalue weighted by Gasteiger charge is 2.43. The normalized spacial score (nSPS) is 11.6. The van der Waals surface area contributed by atoms with E-state index in [0.29, 0.717) is 17.5 Å². The molecule has 0 N–H and O–H groups in total. The van der Waals surface area contributed by atoms with Crippen LogP contribution in [0.4, 0.5) is 0 Å². The SMILES string of the molecule is c1ccc(-c2nc(-c3ccccc3)nc(-c3cccc([Si](c4ccccc4)(c4ccccc4)c4cccc5c4sc4ccccc45)c3)n2)cc1. The maximum atomic E-state index is 5.11. The van der Waals surface area contributed by atoms with Crippen molar-refractivity contribution in [3.05, 3.63) is 188 Å². The molecule has 0 fully saturated rings. The molecule has 0 spiro atoms. The molecule has 0 saturated carbocycles. The van der Waals surface area contributed by atoms with Crippen LogP contribution in [-0.4, -0.2) is 23.0 Å². The summed E-state index contributed by atoms with van der Waals surface area (Å²) in [5.74, 6) is 1.97. The number of nitrogens with zero attached hydrogens (tertiary/aromatic N) is 3. The number of fused-ring (bicyclic) bond motifs is 3. The van der Waals surface area contributed by atoms with Gasteiger partial charge in [0.25, 0.3) is 0 Å². The van der Waals surface area contributed by atoms with Gasteiger partial charge in [-0.15, -0.1) is 11.3 Å². The van der Waals surface area contributed by atoms with Gasteiger partial charge in [0.05, 0.1) is 0 Å². The van der Waals surface area contributed by atoms with Crippen LogP contribution in [0, 0.1) is 0 Å². The van der Waals surface area contributed by atoms with Gasteiger partial charge in [0, 0.05) is 36.9 Å². The van der Waals surface area contributed by atoms with Crippen molar-refractivity contribution in [1.29, 1.82) is 0 Å². The minimum absolute atomic E-state index is 0.656. The summed E-state index contributed by atoms with van der Waals surface area (Å²) in [7, 11) is -2.91. The van der Waals surface area contributed by atoms with Crippen molar-refractivity contribution in [3.63, 3.8) is 0 Å². The fraction of sp³-hybridized carbons (Fsp3) is 0. The summed E-state index contributed by atoms with van der Waals surface area (Å²) in [6.45, 7) is 0. The minimum Gasteiger partial charge on any atom is -0.208 e. The molecule has 0 radical (unpaired) electrons.